The minimum Gasteiger partial charge on any atom is -0.485 e. The number of likely N-dealkylation sites (N-methyl/N-ethyl adjacent to an activating group) is 1. The van der Waals surface area contributed by atoms with Crippen molar-refractivity contribution in [2.45, 2.75) is 19.3 Å². The van der Waals surface area contributed by atoms with Gasteiger partial charge in [0.1, 0.15) is 5.75 Å². The summed E-state index contributed by atoms with van der Waals surface area (Å²) in [7, 11) is 1.98. The van der Waals surface area contributed by atoms with E-state index in [1.165, 1.54) is 5.56 Å². The Labute approximate surface area is 148 Å². The number of hydrogen-bond donors (Lipinski definition) is 0. The zero-order valence-electron chi connectivity index (χ0n) is 14.6. The maximum atomic E-state index is 12.4. The van der Waals surface area contributed by atoms with Crippen molar-refractivity contribution in [3.8, 4) is 11.8 Å². The van der Waals surface area contributed by atoms with Crippen molar-refractivity contribution < 1.29 is 9.53 Å². The SMILES string of the molecule is CN1/C(=C\C(=O)COc2ccc(C#N)cc2)C(C)(C)c2ccccc21. The summed E-state index contributed by atoms with van der Waals surface area (Å²) in [5.74, 6) is 0.486. The van der Waals surface area contributed by atoms with Gasteiger partial charge in [-0.05, 0) is 35.9 Å². The van der Waals surface area contributed by atoms with Crippen LogP contribution in [0.25, 0.3) is 0 Å². The summed E-state index contributed by atoms with van der Waals surface area (Å²) in [5.41, 5.74) is 3.63. The van der Waals surface area contributed by atoms with Gasteiger partial charge in [0.2, 0.25) is 0 Å². The molecule has 1 heterocycles. The average Bonchev–Trinajstić information content (AvgIpc) is 2.82. The second-order valence-corrected chi connectivity index (χ2v) is 6.62. The van der Waals surface area contributed by atoms with Crippen molar-refractivity contribution in [2.24, 2.45) is 0 Å². The standard InChI is InChI=1S/C21H20N2O2/c1-21(2)18-6-4-5-7-19(18)23(3)20(21)12-16(24)14-25-17-10-8-15(13-22)9-11-17/h4-12H,14H2,1-3H3/b20-12-. The Hall–Kier alpha value is -3.06. The third-order valence-electron chi connectivity index (χ3n) is 4.60. The fourth-order valence-electron chi connectivity index (χ4n) is 3.23. The van der Waals surface area contributed by atoms with Crippen molar-refractivity contribution in [2.75, 3.05) is 18.6 Å². The molecule has 0 radical (unpaired) electrons. The summed E-state index contributed by atoms with van der Waals surface area (Å²) in [5, 5.41) is 8.80. The molecule has 1 aliphatic rings. The molecule has 4 heteroatoms. The second-order valence-electron chi connectivity index (χ2n) is 6.62. The van der Waals surface area contributed by atoms with E-state index >= 15 is 0 Å². The van der Waals surface area contributed by atoms with Crippen LogP contribution in [0.5, 0.6) is 5.75 Å². The fourth-order valence-corrected chi connectivity index (χ4v) is 3.23. The lowest BCUT2D eigenvalue weighted by Crippen LogP contribution is -2.25. The fraction of sp³-hybridized carbons (Fsp3) is 0.238. The number of ether oxygens (including phenoxy) is 1. The highest BCUT2D eigenvalue weighted by Crippen LogP contribution is 2.46. The number of rotatable bonds is 4. The number of anilines is 1. The number of benzene rings is 2. The topological polar surface area (TPSA) is 53.3 Å². The normalized spacial score (nSPS) is 16.4. The highest BCUT2D eigenvalue weighted by atomic mass is 16.5. The summed E-state index contributed by atoms with van der Waals surface area (Å²) in [6.45, 7) is 4.21. The lowest BCUT2D eigenvalue weighted by atomic mass is 9.83. The van der Waals surface area contributed by atoms with Gasteiger partial charge < -0.3 is 9.64 Å². The number of allylic oxidation sites excluding steroid dienone is 1. The molecule has 0 saturated heterocycles. The Morgan fingerprint density at radius 1 is 1.20 bits per heavy atom. The first-order valence-electron chi connectivity index (χ1n) is 8.14. The Bertz CT molecular complexity index is 874. The molecule has 0 atom stereocenters. The van der Waals surface area contributed by atoms with Gasteiger partial charge in [-0.25, -0.2) is 0 Å². The van der Waals surface area contributed by atoms with Crippen molar-refractivity contribution in [3.63, 3.8) is 0 Å². The molecule has 0 spiro atoms. The molecule has 0 aliphatic carbocycles. The average molecular weight is 332 g/mol. The van der Waals surface area contributed by atoms with Crippen LogP contribution in [0.4, 0.5) is 5.69 Å². The smallest absolute Gasteiger partial charge is 0.194 e. The van der Waals surface area contributed by atoms with Crippen molar-refractivity contribution in [3.05, 3.63) is 71.4 Å². The Morgan fingerprint density at radius 2 is 1.88 bits per heavy atom. The van der Waals surface area contributed by atoms with Crippen molar-refractivity contribution >= 4 is 11.5 Å². The van der Waals surface area contributed by atoms with E-state index in [9.17, 15) is 4.79 Å². The molecule has 25 heavy (non-hydrogen) atoms. The maximum Gasteiger partial charge on any atom is 0.194 e. The summed E-state index contributed by atoms with van der Waals surface area (Å²) >= 11 is 0. The highest BCUT2D eigenvalue weighted by molar-refractivity contribution is 5.93. The van der Waals surface area contributed by atoms with E-state index < -0.39 is 0 Å². The minimum atomic E-state index is -0.227. The van der Waals surface area contributed by atoms with Crippen molar-refractivity contribution in [1.82, 2.24) is 0 Å². The summed E-state index contributed by atoms with van der Waals surface area (Å²) in [6.07, 6.45) is 1.67. The van der Waals surface area contributed by atoms with Crippen LogP contribution in [0.1, 0.15) is 25.0 Å². The predicted molar refractivity (Wildman–Crippen MR) is 97.6 cm³/mol. The molecule has 126 valence electrons. The second kappa shape index (κ2) is 6.45. The zero-order valence-corrected chi connectivity index (χ0v) is 14.6. The van der Waals surface area contributed by atoms with E-state index in [2.05, 4.69) is 36.9 Å². The molecule has 0 saturated carbocycles. The van der Waals surface area contributed by atoms with E-state index in [1.807, 2.05) is 19.2 Å². The van der Waals surface area contributed by atoms with E-state index in [4.69, 9.17) is 10.00 Å². The van der Waals surface area contributed by atoms with Crippen LogP contribution in [-0.2, 0) is 10.2 Å². The van der Waals surface area contributed by atoms with E-state index in [1.54, 1.807) is 30.3 Å². The molecule has 0 amide bonds. The molecule has 0 fully saturated rings. The number of carbonyl (C=O) groups excluding carboxylic acids is 1. The summed E-state index contributed by atoms with van der Waals surface area (Å²) in [4.78, 5) is 14.5. The van der Waals surface area contributed by atoms with Crippen LogP contribution < -0.4 is 9.64 Å². The van der Waals surface area contributed by atoms with Gasteiger partial charge in [-0.1, -0.05) is 32.0 Å². The summed E-state index contributed by atoms with van der Waals surface area (Å²) < 4.78 is 5.54. The Kier molecular flexibility index (Phi) is 4.33. The number of carbonyl (C=O) groups is 1. The predicted octanol–water partition coefficient (Wildman–Crippen LogP) is 3.82. The minimum absolute atomic E-state index is 0.0321. The summed E-state index contributed by atoms with van der Waals surface area (Å²) in [6, 6.07) is 17.0. The number of fused-ring (bicyclic) bond motifs is 1. The van der Waals surface area contributed by atoms with Gasteiger partial charge in [-0.2, -0.15) is 5.26 Å². The molecule has 3 rings (SSSR count). The largest absolute Gasteiger partial charge is 0.485 e. The number of nitrogens with zero attached hydrogens (tertiary/aromatic N) is 2. The molecule has 0 aromatic heterocycles. The first kappa shape index (κ1) is 16.8. The number of ketones is 1. The number of para-hydroxylation sites is 1. The highest BCUT2D eigenvalue weighted by Gasteiger charge is 2.38. The van der Waals surface area contributed by atoms with Crippen LogP contribution in [0.3, 0.4) is 0 Å². The number of hydrogen-bond acceptors (Lipinski definition) is 4. The van der Waals surface area contributed by atoms with E-state index in [0.717, 1.165) is 11.4 Å². The molecule has 4 nitrogen and oxygen atoms in total. The molecule has 0 N–H and O–H groups in total. The van der Waals surface area contributed by atoms with Gasteiger partial charge in [0.25, 0.3) is 0 Å². The lowest BCUT2D eigenvalue weighted by Gasteiger charge is -2.23. The first-order chi connectivity index (χ1) is 11.9. The molecular formula is C21H20N2O2. The van der Waals surface area contributed by atoms with Crippen LogP contribution >= 0.6 is 0 Å². The van der Waals surface area contributed by atoms with E-state index in [-0.39, 0.29) is 17.8 Å². The lowest BCUT2D eigenvalue weighted by molar-refractivity contribution is -0.116. The number of nitriles is 1. The molecule has 2 aromatic carbocycles. The van der Waals surface area contributed by atoms with E-state index in [0.29, 0.717) is 11.3 Å². The maximum absolute atomic E-state index is 12.4. The molecule has 1 aliphatic heterocycles. The monoisotopic (exact) mass is 332 g/mol. The van der Waals surface area contributed by atoms with Crippen LogP contribution in [0.2, 0.25) is 0 Å². The zero-order chi connectivity index (χ0) is 18.0. The Morgan fingerprint density at radius 3 is 2.52 bits per heavy atom. The van der Waals surface area contributed by atoms with Crippen molar-refractivity contribution in [1.29, 1.82) is 5.26 Å². The molecule has 2 aromatic rings. The van der Waals surface area contributed by atoms with Gasteiger partial charge in [-0.3, -0.25) is 4.79 Å². The van der Waals surface area contributed by atoms with Crippen LogP contribution in [0, 0.1) is 11.3 Å². The Balaban J connectivity index is 1.74. The van der Waals surface area contributed by atoms with Gasteiger partial charge in [0.15, 0.2) is 12.4 Å². The van der Waals surface area contributed by atoms with Gasteiger partial charge in [-0.15, -0.1) is 0 Å². The molecule has 0 bridgehead atoms. The van der Waals surface area contributed by atoms with Crippen LogP contribution in [0.15, 0.2) is 60.3 Å². The van der Waals surface area contributed by atoms with Gasteiger partial charge in [0, 0.05) is 29.9 Å². The molecule has 0 unspecified atom stereocenters. The van der Waals surface area contributed by atoms with Gasteiger partial charge in [0.05, 0.1) is 11.6 Å². The van der Waals surface area contributed by atoms with Crippen LogP contribution in [-0.4, -0.2) is 19.4 Å². The quantitative estimate of drug-likeness (QED) is 0.799. The molecular weight excluding hydrogens is 312 g/mol. The van der Waals surface area contributed by atoms with Gasteiger partial charge >= 0.3 is 0 Å². The third kappa shape index (κ3) is 3.14. The first-order valence-corrected chi connectivity index (χ1v) is 8.14. The third-order valence-corrected chi connectivity index (χ3v) is 4.60.